The Morgan fingerprint density at radius 3 is 3.08 bits per heavy atom. The molecule has 1 aromatic rings. The number of carbonyl (C=O) groups excluding carboxylic acids is 2. The van der Waals surface area contributed by atoms with Gasteiger partial charge in [-0.05, 0) is 18.4 Å². The van der Waals surface area contributed by atoms with Crippen LogP contribution in [0.5, 0.6) is 0 Å². The highest BCUT2D eigenvalue weighted by Crippen LogP contribution is 2.15. The maximum Gasteiger partial charge on any atom is 0.349 e. The van der Waals surface area contributed by atoms with Crippen molar-refractivity contribution in [3.8, 4) is 0 Å². The molecule has 3 nitrogen and oxygen atoms in total. The van der Waals surface area contributed by atoms with Crippen LogP contribution in [-0.2, 0) is 4.74 Å². The fourth-order valence-corrected chi connectivity index (χ4v) is 1.53. The Bertz CT molecular complexity index is 290. The lowest BCUT2D eigenvalue weighted by Gasteiger charge is -1.97. The molecule has 0 spiro atoms. The van der Waals surface area contributed by atoms with Crippen molar-refractivity contribution in [1.82, 2.24) is 0 Å². The third-order valence-electron chi connectivity index (χ3n) is 1.28. The maximum atomic E-state index is 11.1. The molecule has 0 N–H and O–H groups in total. The first kappa shape index (κ1) is 8.93. The third-order valence-corrected chi connectivity index (χ3v) is 2.19. The van der Waals surface area contributed by atoms with Gasteiger partial charge in [0, 0.05) is 5.56 Å². The van der Waals surface area contributed by atoms with E-state index in [0.29, 0.717) is 23.3 Å². The number of carbonyl (C=O) groups is 2. The number of hydrogen-bond acceptors (Lipinski definition) is 4. The summed E-state index contributed by atoms with van der Waals surface area (Å²) in [5.41, 5.74) is 0.401. The highest BCUT2D eigenvalue weighted by molar-refractivity contribution is 7.12. The minimum atomic E-state index is -0.422. The van der Waals surface area contributed by atoms with Crippen LogP contribution in [0.2, 0.25) is 0 Å². The highest BCUT2D eigenvalue weighted by atomic mass is 32.1. The Hall–Kier alpha value is -1.16. The summed E-state index contributed by atoms with van der Waals surface area (Å²) in [6.07, 6.45) is 0.656. The first-order valence-corrected chi connectivity index (χ1v) is 4.37. The molecular weight excluding hydrogens is 176 g/mol. The summed E-state index contributed by atoms with van der Waals surface area (Å²) in [6, 6.07) is 1.60. The SMILES string of the molecule is CCOC(=O)c1sccc1C=O. The number of aldehydes is 1. The Balaban J connectivity index is 2.86. The number of thiophene rings is 1. The molecule has 0 fully saturated rings. The Morgan fingerprint density at radius 1 is 1.75 bits per heavy atom. The maximum absolute atomic E-state index is 11.1. The molecule has 0 aromatic carbocycles. The molecule has 0 aliphatic heterocycles. The van der Waals surface area contributed by atoms with E-state index >= 15 is 0 Å². The second-order valence-corrected chi connectivity index (χ2v) is 2.96. The van der Waals surface area contributed by atoms with Crippen LogP contribution in [0.25, 0.3) is 0 Å². The van der Waals surface area contributed by atoms with Gasteiger partial charge in [0.05, 0.1) is 6.61 Å². The summed E-state index contributed by atoms with van der Waals surface area (Å²) in [5.74, 6) is -0.422. The lowest BCUT2D eigenvalue weighted by atomic mass is 10.3. The van der Waals surface area contributed by atoms with Crippen LogP contribution in [0.3, 0.4) is 0 Å². The van der Waals surface area contributed by atoms with Crippen LogP contribution in [0.4, 0.5) is 0 Å². The molecule has 1 aromatic heterocycles. The molecule has 4 heteroatoms. The average molecular weight is 184 g/mol. The molecule has 0 atom stereocenters. The summed E-state index contributed by atoms with van der Waals surface area (Å²) in [4.78, 5) is 21.9. The van der Waals surface area contributed by atoms with E-state index < -0.39 is 5.97 Å². The normalized spacial score (nSPS) is 9.42. The number of hydrogen-bond donors (Lipinski definition) is 0. The lowest BCUT2D eigenvalue weighted by Crippen LogP contribution is -2.04. The van der Waals surface area contributed by atoms with Gasteiger partial charge in [-0.1, -0.05) is 0 Å². The first-order chi connectivity index (χ1) is 5.79. The van der Waals surface area contributed by atoms with Crippen molar-refractivity contribution in [2.24, 2.45) is 0 Å². The average Bonchev–Trinajstić information content (AvgIpc) is 2.51. The van der Waals surface area contributed by atoms with Crippen molar-refractivity contribution in [2.45, 2.75) is 6.92 Å². The van der Waals surface area contributed by atoms with Gasteiger partial charge < -0.3 is 4.74 Å². The topological polar surface area (TPSA) is 43.4 Å². The van der Waals surface area contributed by atoms with Crippen LogP contribution in [0.1, 0.15) is 27.0 Å². The predicted octanol–water partition coefficient (Wildman–Crippen LogP) is 1.74. The Morgan fingerprint density at radius 2 is 2.50 bits per heavy atom. The molecular formula is C8H8O3S. The molecule has 0 unspecified atom stereocenters. The first-order valence-electron chi connectivity index (χ1n) is 3.49. The summed E-state index contributed by atoms with van der Waals surface area (Å²) < 4.78 is 4.74. The molecule has 64 valence electrons. The van der Waals surface area contributed by atoms with Crippen molar-refractivity contribution in [1.29, 1.82) is 0 Å². The zero-order chi connectivity index (χ0) is 8.97. The number of rotatable bonds is 3. The minimum absolute atomic E-state index is 0.328. The number of esters is 1. The Kier molecular flexibility index (Phi) is 2.99. The minimum Gasteiger partial charge on any atom is -0.462 e. The molecule has 0 bridgehead atoms. The van der Waals surface area contributed by atoms with E-state index in [2.05, 4.69) is 0 Å². The van der Waals surface area contributed by atoms with Crippen LogP contribution in [0, 0.1) is 0 Å². The van der Waals surface area contributed by atoms with E-state index in [0.717, 1.165) is 0 Å². The van der Waals surface area contributed by atoms with Crippen molar-refractivity contribution in [3.05, 3.63) is 21.9 Å². The molecule has 0 amide bonds. The summed E-state index contributed by atoms with van der Waals surface area (Å²) >= 11 is 1.22. The molecule has 1 rings (SSSR count). The second kappa shape index (κ2) is 4.01. The van der Waals surface area contributed by atoms with Crippen molar-refractivity contribution in [3.63, 3.8) is 0 Å². The van der Waals surface area contributed by atoms with Gasteiger partial charge in [0.1, 0.15) is 4.88 Å². The summed E-state index contributed by atoms with van der Waals surface area (Å²) in [6.45, 7) is 2.06. The van der Waals surface area contributed by atoms with E-state index in [4.69, 9.17) is 4.74 Å². The fourth-order valence-electron chi connectivity index (χ4n) is 0.775. The van der Waals surface area contributed by atoms with Crippen LogP contribution < -0.4 is 0 Å². The molecule has 0 saturated heterocycles. The van der Waals surface area contributed by atoms with Crippen LogP contribution >= 0.6 is 11.3 Å². The van der Waals surface area contributed by atoms with Gasteiger partial charge in [0.15, 0.2) is 6.29 Å². The van der Waals surface area contributed by atoms with Gasteiger partial charge in [-0.25, -0.2) is 4.79 Å². The van der Waals surface area contributed by atoms with Gasteiger partial charge in [0.25, 0.3) is 0 Å². The third kappa shape index (κ3) is 1.71. The molecule has 0 aliphatic rings. The predicted molar refractivity (Wildman–Crippen MR) is 45.7 cm³/mol. The molecule has 12 heavy (non-hydrogen) atoms. The van der Waals surface area contributed by atoms with Crippen molar-refractivity contribution in [2.75, 3.05) is 6.61 Å². The molecule has 0 aliphatic carbocycles. The molecule has 0 saturated carbocycles. The quantitative estimate of drug-likeness (QED) is 0.530. The zero-order valence-electron chi connectivity index (χ0n) is 6.57. The van der Waals surface area contributed by atoms with Gasteiger partial charge in [-0.15, -0.1) is 11.3 Å². The van der Waals surface area contributed by atoms with E-state index in [-0.39, 0.29) is 0 Å². The highest BCUT2D eigenvalue weighted by Gasteiger charge is 2.12. The van der Waals surface area contributed by atoms with Crippen LogP contribution in [0.15, 0.2) is 11.4 Å². The van der Waals surface area contributed by atoms with Gasteiger partial charge in [0.2, 0.25) is 0 Å². The zero-order valence-corrected chi connectivity index (χ0v) is 7.39. The largest absolute Gasteiger partial charge is 0.462 e. The molecule has 1 heterocycles. The second-order valence-electron chi connectivity index (χ2n) is 2.04. The Labute approximate surface area is 74.0 Å². The van der Waals surface area contributed by atoms with Gasteiger partial charge in [-0.3, -0.25) is 4.79 Å². The standard InChI is InChI=1S/C8H8O3S/c1-2-11-8(10)7-6(5-9)3-4-12-7/h3-5H,2H2,1H3. The smallest absolute Gasteiger partial charge is 0.349 e. The van der Waals surface area contributed by atoms with E-state index in [9.17, 15) is 9.59 Å². The van der Waals surface area contributed by atoms with E-state index in [1.807, 2.05) is 0 Å². The van der Waals surface area contributed by atoms with E-state index in [1.165, 1.54) is 11.3 Å². The number of ether oxygens (including phenoxy) is 1. The van der Waals surface area contributed by atoms with E-state index in [1.54, 1.807) is 18.4 Å². The van der Waals surface area contributed by atoms with Crippen molar-refractivity contribution < 1.29 is 14.3 Å². The monoisotopic (exact) mass is 184 g/mol. The lowest BCUT2D eigenvalue weighted by molar-refractivity contribution is 0.0530. The van der Waals surface area contributed by atoms with Crippen molar-refractivity contribution >= 4 is 23.6 Å². The van der Waals surface area contributed by atoms with Gasteiger partial charge >= 0.3 is 5.97 Å². The van der Waals surface area contributed by atoms with Crippen LogP contribution in [-0.4, -0.2) is 18.9 Å². The van der Waals surface area contributed by atoms with Gasteiger partial charge in [-0.2, -0.15) is 0 Å². The molecule has 0 radical (unpaired) electrons. The summed E-state index contributed by atoms with van der Waals surface area (Å²) in [5, 5.41) is 1.69. The summed E-state index contributed by atoms with van der Waals surface area (Å²) in [7, 11) is 0. The fraction of sp³-hybridized carbons (Fsp3) is 0.250.